The molecule has 3 heterocycles. The Hall–Kier alpha value is -3.79. The molecule has 0 unspecified atom stereocenters. The van der Waals surface area contributed by atoms with Crippen LogP contribution in [-0.4, -0.2) is 30.2 Å². The number of anilines is 1. The van der Waals surface area contributed by atoms with E-state index in [9.17, 15) is 22.8 Å². The van der Waals surface area contributed by atoms with Gasteiger partial charge in [0, 0.05) is 17.5 Å². The molecular weight excluding hydrogens is 601 g/mol. The molecule has 45 heavy (non-hydrogen) atoms. The highest BCUT2D eigenvalue weighted by Crippen LogP contribution is 2.58. The van der Waals surface area contributed by atoms with Crippen LogP contribution in [0.2, 0.25) is 0 Å². The lowest BCUT2D eigenvalue weighted by Gasteiger charge is -2.57. The Bertz CT molecular complexity index is 1540. The summed E-state index contributed by atoms with van der Waals surface area (Å²) in [5.74, 6) is -1.52. The predicted molar refractivity (Wildman–Crippen MR) is 169 cm³/mol. The van der Waals surface area contributed by atoms with Crippen LogP contribution < -0.4 is 5.01 Å². The number of para-hydroxylation sites is 1. The summed E-state index contributed by atoms with van der Waals surface area (Å²) in [6.45, 7) is 11.6. The molecule has 2 atom stereocenters. The van der Waals surface area contributed by atoms with E-state index < -0.39 is 52.0 Å². The molecule has 2 aliphatic heterocycles. The number of fused-ring (bicyclic) bond motifs is 3. The van der Waals surface area contributed by atoms with Crippen molar-refractivity contribution in [2.75, 3.05) is 18.2 Å². The van der Waals surface area contributed by atoms with Crippen LogP contribution in [0.1, 0.15) is 81.6 Å². The number of esters is 2. The summed E-state index contributed by atoms with van der Waals surface area (Å²) in [7, 11) is 0. The van der Waals surface area contributed by atoms with Gasteiger partial charge in [0.05, 0.1) is 30.5 Å². The molecule has 10 heteroatoms. The molecule has 2 aliphatic rings. The summed E-state index contributed by atoms with van der Waals surface area (Å²) in [6.07, 6.45) is -1.38. The molecule has 6 nitrogen and oxygen atoms in total. The lowest BCUT2D eigenvalue weighted by atomic mass is 9.68. The Morgan fingerprint density at radius 2 is 1.47 bits per heavy atom. The molecule has 1 saturated heterocycles. The first-order valence-electron chi connectivity index (χ1n) is 14.9. The number of halogens is 3. The summed E-state index contributed by atoms with van der Waals surface area (Å²) in [4.78, 5) is 29.9. The van der Waals surface area contributed by atoms with Crippen molar-refractivity contribution in [2.24, 2.45) is 16.2 Å². The molecule has 0 spiro atoms. The average Bonchev–Trinajstić information content (AvgIpc) is 3.51. The molecule has 240 valence electrons. The molecule has 0 amide bonds. The zero-order valence-corrected chi connectivity index (χ0v) is 27.2. The number of ether oxygens (including phenoxy) is 2. The second-order valence-corrected chi connectivity index (χ2v) is 15.0. The first-order valence-corrected chi connectivity index (χ1v) is 15.8. The summed E-state index contributed by atoms with van der Waals surface area (Å²) >= 11 is 1.35. The van der Waals surface area contributed by atoms with Crippen molar-refractivity contribution < 1.29 is 32.2 Å². The van der Waals surface area contributed by atoms with Crippen molar-refractivity contribution in [1.29, 1.82) is 0 Å². The van der Waals surface area contributed by atoms with E-state index in [1.807, 2.05) is 65.1 Å². The maximum Gasteiger partial charge on any atom is 0.418 e. The highest BCUT2D eigenvalue weighted by atomic mass is 32.1. The largest absolute Gasteiger partial charge is 0.464 e. The third-order valence-electron chi connectivity index (χ3n) is 7.82. The first kappa shape index (κ1) is 32.6. The Morgan fingerprint density at radius 1 is 0.867 bits per heavy atom. The fourth-order valence-corrected chi connectivity index (χ4v) is 6.66. The third-order valence-corrected chi connectivity index (χ3v) is 8.79. The lowest BCUT2D eigenvalue weighted by molar-refractivity contribution is -0.187. The zero-order chi connectivity index (χ0) is 32.8. The van der Waals surface area contributed by atoms with Gasteiger partial charge in [-0.2, -0.15) is 13.2 Å². The van der Waals surface area contributed by atoms with Crippen LogP contribution >= 0.6 is 11.3 Å². The number of rotatable bonds is 6. The van der Waals surface area contributed by atoms with E-state index in [1.54, 1.807) is 46.6 Å². The first-order chi connectivity index (χ1) is 21.0. The quantitative estimate of drug-likeness (QED) is 0.198. The topological polar surface area (TPSA) is 59.1 Å². The number of alkyl halides is 3. The fourth-order valence-electron chi connectivity index (χ4n) is 5.85. The van der Waals surface area contributed by atoms with Crippen LogP contribution in [0.15, 0.2) is 72.2 Å². The molecule has 0 N–H and O–H groups in total. The molecular formula is C35H39F3N2O4S. The highest BCUT2D eigenvalue weighted by molar-refractivity contribution is 7.10. The molecule has 2 aromatic carbocycles. The van der Waals surface area contributed by atoms with Crippen LogP contribution in [0.3, 0.4) is 0 Å². The Labute approximate surface area is 266 Å². The van der Waals surface area contributed by atoms with Crippen molar-refractivity contribution >= 4 is 35.0 Å². The van der Waals surface area contributed by atoms with Gasteiger partial charge in [-0.1, -0.05) is 84.0 Å². The fraction of sp³-hybridized carbons (Fsp3) is 0.429. The highest BCUT2D eigenvalue weighted by Gasteiger charge is 2.64. The molecule has 0 saturated carbocycles. The summed E-state index contributed by atoms with van der Waals surface area (Å²) in [5.41, 5.74) is -2.29. The zero-order valence-electron chi connectivity index (χ0n) is 26.4. The minimum Gasteiger partial charge on any atom is -0.464 e. The SMILES string of the molecule is CC(C)(C)COC(=O)C1(C(=O)OCC(C)(C)C)C[C@H](c2cccs2)N(c2ccccc2C(F)(F)F)N2C=Cc3ccccc3[C@@H]21. The molecule has 1 fully saturated rings. The van der Waals surface area contributed by atoms with Gasteiger partial charge in [-0.15, -0.1) is 11.3 Å². The minimum absolute atomic E-state index is 0.0363. The molecule has 5 rings (SSSR count). The van der Waals surface area contributed by atoms with Crippen molar-refractivity contribution in [3.8, 4) is 0 Å². The van der Waals surface area contributed by atoms with Crippen molar-refractivity contribution in [1.82, 2.24) is 5.01 Å². The second kappa shape index (κ2) is 11.9. The van der Waals surface area contributed by atoms with Crippen LogP contribution in [0, 0.1) is 16.2 Å². The number of hydrogen-bond acceptors (Lipinski definition) is 7. The van der Waals surface area contributed by atoms with E-state index in [4.69, 9.17) is 9.47 Å². The van der Waals surface area contributed by atoms with Gasteiger partial charge in [0.1, 0.15) is 6.04 Å². The smallest absolute Gasteiger partial charge is 0.418 e. The van der Waals surface area contributed by atoms with E-state index >= 15 is 0 Å². The minimum atomic E-state index is -4.66. The van der Waals surface area contributed by atoms with E-state index in [-0.39, 0.29) is 25.3 Å². The van der Waals surface area contributed by atoms with E-state index in [2.05, 4.69) is 0 Å². The molecule has 0 bridgehead atoms. The number of hydrogen-bond donors (Lipinski definition) is 0. The number of nitrogens with zero attached hydrogens (tertiary/aromatic N) is 2. The van der Waals surface area contributed by atoms with Crippen LogP contribution in [0.4, 0.5) is 18.9 Å². The van der Waals surface area contributed by atoms with E-state index in [0.717, 1.165) is 11.6 Å². The average molecular weight is 641 g/mol. The molecule has 0 radical (unpaired) electrons. The Kier molecular flexibility index (Phi) is 8.59. The van der Waals surface area contributed by atoms with Crippen molar-refractivity contribution in [3.63, 3.8) is 0 Å². The van der Waals surface area contributed by atoms with E-state index in [0.29, 0.717) is 10.4 Å². The van der Waals surface area contributed by atoms with Gasteiger partial charge in [0.25, 0.3) is 0 Å². The van der Waals surface area contributed by atoms with Crippen LogP contribution in [0.5, 0.6) is 0 Å². The van der Waals surface area contributed by atoms with Gasteiger partial charge in [-0.3, -0.25) is 19.6 Å². The number of benzene rings is 2. The molecule has 1 aromatic heterocycles. The molecule has 3 aromatic rings. The normalized spacial score (nSPS) is 19.5. The third kappa shape index (κ3) is 6.48. The number of carbonyl (C=O) groups is 2. The van der Waals surface area contributed by atoms with Gasteiger partial charge >= 0.3 is 18.1 Å². The van der Waals surface area contributed by atoms with Gasteiger partial charge in [0.2, 0.25) is 0 Å². The maximum atomic E-state index is 14.6. The van der Waals surface area contributed by atoms with Gasteiger partial charge in [-0.05, 0) is 51.6 Å². The van der Waals surface area contributed by atoms with Crippen LogP contribution in [0.25, 0.3) is 6.08 Å². The predicted octanol–water partition coefficient (Wildman–Crippen LogP) is 8.83. The van der Waals surface area contributed by atoms with Crippen molar-refractivity contribution in [2.45, 2.75) is 66.2 Å². The Morgan fingerprint density at radius 3 is 2.04 bits per heavy atom. The summed E-state index contributed by atoms with van der Waals surface area (Å²) in [5, 5.41) is 5.02. The lowest BCUT2D eigenvalue weighted by Crippen LogP contribution is -2.63. The number of hydrazine groups is 1. The van der Waals surface area contributed by atoms with Crippen molar-refractivity contribution in [3.05, 3.63) is 93.8 Å². The monoisotopic (exact) mass is 640 g/mol. The van der Waals surface area contributed by atoms with Gasteiger partial charge < -0.3 is 9.47 Å². The van der Waals surface area contributed by atoms with Gasteiger partial charge in [0.15, 0.2) is 5.41 Å². The maximum absolute atomic E-state index is 14.6. The van der Waals surface area contributed by atoms with E-state index in [1.165, 1.54) is 23.5 Å². The second-order valence-electron chi connectivity index (χ2n) is 14.1. The van der Waals surface area contributed by atoms with Gasteiger partial charge in [-0.25, -0.2) is 0 Å². The summed E-state index contributed by atoms with van der Waals surface area (Å²) in [6, 6.07) is 14.4. The molecule has 0 aliphatic carbocycles. The number of carbonyl (C=O) groups excluding carboxylic acids is 2. The standard InChI is InChI=1S/C35H39F3N2O4S/c1-32(2,3)21-43-30(41)34(31(42)44-22-33(4,5)6)20-27(28-16-11-19-45-28)40(26-15-10-9-14-25(26)35(36,37)38)39-18-17-23-12-7-8-13-24(23)29(34)39/h7-19,27,29H,20-22H2,1-6H3/t27-,29-/m1/s1. The number of thiophene rings is 1. The summed E-state index contributed by atoms with van der Waals surface area (Å²) < 4.78 is 55.6. The van der Waals surface area contributed by atoms with Crippen LogP contribution in [-0.2, 0) is 25.2 Å². The Balaban J connectivity index is 1.79.